The monoisotopic (exact) mass is 525 g/mol. The molecule has 10 heteroatoms. The number of carbonyl (C=O) groups excluding carboxylic acids is 2. The van der Waals surface area contributed by atoms with Gasteiger partial charge < -0.3 is 20.5 Å². The van der Waals surface area contributed by atoms with Crippen LogP contribution in [0.25, 0.3) is 0 Å². The Morgan fingerprint density at radius 2 is 2.03 bits per heavy atom. The third-order valence-corrected chi connectivity index (χ3v) is 7.70. The first-order chi connectivity index (χ1) is 18.8. The molecular formula is C29H27N5O5. The molecular weight excluding hydrogens is 498 g/mol. The molecule has 2 aliphatic rings. The molecule has 1 aliphatic heterocycles. The van der Waals surface area contributed by atoms with Crippen molar-refractivity contribution in [2.45, 2.75) is 38.0 Å². The molecule has 0 bridgehead atoms. The van der Waals surface area contributed by atoms with Crippen molar-refractivity contribution >= 4 is 29.3 Å². The molecule has 10 nitrogen and oxygen atoms in total. The summed E-state index contributed by atoms with van der Waals surface area (Å²) in [6, 6.07) is 15.7. The average Bonchev–Trinajstić information content (AvgIpc) is 3.52. The minimum Gasteiger partial charge on any atom is -0.493 e. The molecule has 39 heavy (non-hydrogen) atoms. The maximum absolute atomic E-state index is 13.6. The summed E-state index contributed by atoms with van der Waals surface area (Å²) in [5, 5.41) is 31.8. The van der Waals surface area contributed by atoms with Crippen LogP contribution in [0.15, 0.2) is 54.7 Å². The van der Waals surface area contributed by atoms with Crippen molar-refractivity contribution in [3.63, 3.8) is 0 Å². The second kappa shape index (κ2) is 10.5. The lowest BCUT2D eigenvalue weighted by atomic mass is 9.85. The lowest BCUT2D eigenvalue weighted by molar-refractivity contribution is -0.137. The first-order valence-electron chi connectivity index (χ1n) is 12.8. The normalized spacial score (nSPS) is 20.7. The molecule has 1 spiro atoms. The molecule has 5 rings (SSSR count). The molecule has 2 heterocycles. The van der Waals surface area contributed by atoms with Gasteiger partial charge in [0.15, 0.2) is 5.82 Å². The number of aryl methyl sites for hydroxylation is 1. The van der Waals surface area contributed by atoms with Gasteiger partial charge in [-0.1, -0.05) is 13.0 Å². The number of aromatic nitrogens is 2. The first kappa shape index (κ1) is 25.9. The van der Waals surface area contributed by atoms with Crippen LogP contribution in [0, 0.1) is 23.2 Å². The Kier molecular flexibility index (Phi) is 6.98. The van der Waals surface area contributed by atoms with E-state index in [1.807, 2.05) is 6.92 Å². The highest BCUT2D eigenvalue weighted by molar-refractivity contribution is 6.04. The number of nitrogens with one attached hydrogen (secondary N) is 2. The fourth-order valence-corrected chi connectivity index (χ4v) is 5.69. The third-order valence-electron chi connectivity index (χ3n) is 7.70. The summed E-state index contributed by atoms with van der Waals surface area (Å²) in [4.78, 5) is 37.5. The number of fused-ring (bicyclic) bond motifs is 2. The van der Waals surface area contributed by atoms with Crippen molar-refractivity contribution in [2.75, 3.05) is 17.2 Å². The van der Waals surface area contributed by atoms with Crippen LogP contribution >= 0.6 is 0 Å². The van der Waals surface area contributed by atoms with Crippen LogP contribution in [0.2, 0.25) is 0 Å². The molecule has 3 N–H and O–H groups in total. The van der Waals surface area contributed by atoms with Crippen LogP contribution in [-0.2, 0) is 21.4 Å². The van der Waals surface area contributed by atoms with E-state index < -0.39 is 11.4 Å². The first-order valence-corrected chi connectivity index (χ1v) is 12.8. The number of rotatable bonds is 8. The Balaban J connectivity index is 1.39. The maximum Gasteiger partial charge on any atom is 0.303 e. The van der Waals surface area contributed by atoms with Crippen LogP contribution in [0.5, 0.6) is 5.75 Å². The predicted octanol–water partition coefficient (Wildman–Crippen LogP) is 3.93. The van der Waals surface area contributed by atoms with E-state index in [0.29, 0.717) is 54.3 Å². The zero-order valence-electron chi connectivity index (χ0n) is 21.3. The Morgan fingerprint density at radius 1 is 1.18 bits per heavy atom. The topological polar surface area (TPSA) is 154 Å². The lowest BCUT2D eigenvalue weighted by Gasteiger charge is -2.28. The number of carboxylic acid groups (broad SMARTS) is 1. The van der Waals surface area contributed by atoms with Crippen molar-refractivity contribution in [3.05, 3.63) is 77.0 Å². The van der Waals surface area contributed by atoms with Gasteiger partial charge in [0.05, 0.1) is 24.2 Å². The second-order valence-electron chi connectivity index (χ2n) is 9.90. The van der Waals surface area contributed by atoms with Gasteiger partial charge in [-0.2, -0.15) is 10.4 Å². The van der Waals surface area contributed by atoms with Gasteiger partial charge in [0.25, 0.3) is 5.91 Å². The molecule has 2 unspecified atom stereocenters. The number of nitrogens with zero attached hydrogens (tertiary/aromatic N) is 3. The number of aliphatic carboxylic acids is 1. The molecule has 2 aromatic carbocycles. The van der Waals surface area contributed by atoms with Gasteiger partial charge in [0.1, 0.15) is 5.75 Å². The zero-order valence-corrected chi connectivity index (χ0v) is 21.3. The molecule has 198 valence electrons. The van der Waals surface area contributed by atoms with Gasteiger partial charge in [0.2, 0.25) is 5.91 Å². The van der Waals surface area contributed by atoms with Gasteiger partial charge in [-0.15, -0.1) is 5.10 Å². The highest BCUT2D eigenvalue weighted by Crippen LogP contribution is 2.65. The number of nitriles is 1. The van der Waals surface area contributed by atoms with E-state index in [9.17, 15) is 19.6 Å². The summed E-state index contributed by atoms with van der Waals surface area (Å²) in [5.41, 5.74) is 2.45. The molecule has 1 aromatic heterocycles. The van der Waals surface area contributed by atoms with Crippen LogP contribution in [-0.4, -0.2) is 39.7 Å². The summed E-state index contributed by atoms with van der Waals surface area (Å²) in [5.74, 6) is -0.788. The molecule has 0 saturated heterocycles. The number of carbonyl (C=O) groups is 3. The molecule has 1 aliphatic carbocycles. The lowest BCUT2D eigenvalue weighted by Crippen LogP contribution is -2.27. The van der Waals surface area contributed by atoms with E-state index in [-0.39, 0.29) is 30.1 Å². The van der Waals surface area contributed by atoms with Crippen molar-refractivity contribution in [2.24, 2.45) is 11.8 Å². The standard InChI is InChI=1S/C29H27N5O5/c1-17-26(28(38)32-22-14-18(16-30)7-8-19(22)4-2-6-25(35)36)29(17)11-13-39-23-10-9-20(15-21(23)29)27(37)33-24-5-3-12-31-34-24/h3,5,7-10,12,14-15,17,26H,2,4,6,11,13H2,1H3,(H,32,38)(H,35,36)(H,33,34,37)/t17?,26?,29-/m0/s1. The van der Waals surface area contributed by atoms with E-state index in [2.05, 4.69) is 26.9 Å². The number of hydrogen-bond acceptors (Lipinski definition) is 7. The van der Waals surface area contributed by atoms with Crippen LogP contribution in [0.3, 0.4) is 0 Å². The number of benzene rings is 2. The maximum atomic E-state index is 13.6. The molecule has 3 aromatic rings. The molecule has 2 amide bonds. The number of hydrogen-bond donors (Lipinski definition) is 3. The number of carboxylic acids is 1. The van der Waals surface area contributed by atoms with E-state index in [0.717, 1.165) is 11.1 Å². The zero-order chi connectivity index (χ0) is 27.6. The minimum atomic E-state index is -0.883. The van der Waals surface area contributed by atoms with Gasteiger partial charge >= 0.3 is 5.97 Å². The highest BCUT2D eigenvalue weighted by atomic mass is 16.5. The summed E-state index contributed by atoms with van der Waals surface area (Å²) < 4.78 is 5.89. The number of anilines is 2. The van der Waals surface area contributed by atoms with Crippen LogP contribution in [0.4, 0.5) is 11.5 Å². The quantitative estimate of drug-likeness (QED) is 0.400. The fraction of sp³-hybridized carbons (Fsp3) is 0.310. The van der Waals surface area contributed by atoms with Crippen molar-refractivity contribution in [1.29, 1.82) is 5.26 Å². The summed E-state index contributed by atoms with van der Waals surface area (Å²) in [7, 11) is 0. The second-order valence-corrected chi connectivity index (χ2v) is 9.90. The predicted molar refractivity (Wildman–Crippen MR) is 141 cm³/mol. The van der Waals surface area contributed by atoms with Crippen LogP contribution in [0.1, 0.15) is 53.2 Å². The number of amides is 2. The molecule has 1 fully saturated rings. The van der Waals surface area contributed by atoms with Crippen molar-refractivity contribution < 1.29 is 24.2 Å². The van der Waals surface area contributed by atoms with Gasteiger partial charge in [-0.05, 0) is 73.2 Å². The highest BCUT2D eigenvalue weighted by Gasteiger charge is 2.67. The van der Waals surface area contributed by atoms with Gasteiger partial charge in [-0.3, -0.25) is 14.4 Å². The van der Waals surface area contributed by atoms with E-state index in [1.165, 1.54) is 6.20 Å². The fourth-order valence-electron chi connectivity index (χ4n) is 5.69. The Hall–Kier alpha value is -4.78. The number of ether oxygens (including phenoxy) is 1. The SMILES string of the molecule is CC1C(C(=O)Nc2cc(C#N)ccc2CCCC(=O)O)[C@@]12CCOc1ccc(C(=O)Nc3cccnn3)cc12. The summed E-state index contributed by atoms with van der Waals surface area (Å²) in [6.45, 7) is 2.47. The van der Waals surface area contributed by atoms with E-state index >= 15 is 0 Å². The van der Waals surface area contributed by atoms with Gasteiger partial charge in [-0.25, -0.2) is 0 Å². The van der Waals surface area contributed by atoms with Gasteiger partial charge in [0, 0.05) is 34.8 Å². The van der Waals surface area contributed by atoms with Crippen LogP contribution < -0.4 is 15.4 Å². The van der Waals surface area contributed by atoms with E-state index in [4.69, 9.17) is 9.84 Å². The smallest absolute Gasteiger partial charge is 0.303 e. The Morgan fingerprint density at radius 3 is 2.77 bits per heavy atom. The van der Waals surface area contributed by atoms with Crippen molar-refractivity contribution in [3.8, 4) is 11.8 Å². The van der Waals surface area contributed by atoms with Crippen molar-refractivity contribution in [1.82, 2.24) is 10.2 Å². The molecule has 3 atom stereocenters. The summed E-state index contributed by atoms with van der Waals surface area (Å²) in [6.07, 6.45) is 3.03. The Bertz CT molecular complexity index is 1490. The molecule has 1 saturated carbocycles. The third kappa shape index (κ3) is 5.03. The Labute approximate surface area is 225 Å². The average molecular weight is 526 g/mol. The minimum absolute atomic E-state index is 0.00642. The summed E-state index contributed by atoms with van der Waals surface area (Å²) >= 11 is 0. The molecule has 0 radical (unpaired) electrons. The largest absolute Gasteiger partial charge is 0.493 e. The van der Waals surface area contributed by atoms with E-state index in [1.54, 1.807) is 48.5 Å².